The SMILES string of the molecule is COc1ccc([Se]C#N)c(C(=O)O)c1. The molecule has 1 N–H and O–H groups in total. The van der Waals surface area contributed by atoms with E-state index in [-0.39, 0.29) is 5.56 Å². The molecule has 0 amide bonds. The Labute approximate surface area is 87.3 Å². The van der Waals surface area contributed by atoms with Crippen molar-refractivity contribution in [2.75, 3.05) is 7.11 Å². The molecule has 0 saturated carbocycles. The first-order chi connectivity index (χ1) is 6.69. The molecule has 0 radical (unpaired) electrons. The zero-order valence-electron chi connectivity index (χ0n) is 7.35. The van der Waals surface area contributed by atoms with E-state index in [1.165, 1.54) is 13.2 Å². The van der Waals surface area contributed by atoms with E-state index in [0.29, 0.717) is 10.2 Å². The van der Waals surface area contributed by atoms with Gasteiger partial charge in [-0.1, -0.05) is 0 Å². The fourth-order valence-corrected chi connectivity index (χ4v) is 1.97. The molecule has 0 atom stereocenters. The molecule has 0 aliphatic rings. The summed E-state index contributed by atoms with van der Waals surface area (Å²) in [5.74, 6) is -0.545. The number of carboxylic acids is 1. The molecule has 0 saturated heterocycles. The Hall–Kier alpha value is -1.50. The molecule has 0 bridgehead atoms. The maximum atomic E-state index is 10.8. The number of methoxy groups -OCH3 is 1. The summed E-state index contributed by atoms with van der Waals surface area (Å²) in [6, 6.07) is 4.70. The first-order valence-corrected chi connectivity index (χ1v) is 5.37. The van der Waals surface area contributed by atoms with Crippen molar-refractivity contribution >= 4 is 25.4 Å². The second-order valence-electron chi connectivity index (χ2n) is 2.36. The fourth-order valence-electron chi connectivity index (χ4n) is 0.941. The number of hydrogen-bond donors (Lipinski definition) is 1. The maximum absolute atomic E-state index is 10.8. The van der Waals surface area contributed by atoms with Crippen LogP contribution in [0.3, 0.4) is 0 Å². The molecule has 1 aromatic rings. The van der Waals surface area contributed by atoms with Crippen molar-refractivity contribution in [3.05, 3.63) is 23.8 Å². The van der Waals surface area contributed by atoms with Crippen molar-refractivity contribution in [2.24, 2.45) is 0 Å². The van der Waals surface area contributed by atoms with Gasteiger partial charge in [0, 0.05) is 0 Å². The van der Waals surface area contributed by atoms with Crippen LogP contribution in [0.1, 0.15) is 10.4 Å². The molecular weight excluding hydrogens is 249 g/mol. The molecule has 0 aliphatic heterocycles. The summed E-state index contributed by atoms with van der Waals surface area (Å²) in [5.41, 5.74) is 0.144. The molecule has 0 spiro atoms. The average Bonchev–Trinajstić information content (AvgIpc) is 2.18. The monoisotopic (exact) mass is 257 g/mol. The van der Waals surface area contributed by atoms with Gasteiger partial charge in [-0.25, -0.2) is 0 Å². The van der Waals surface area contributed by atoms with Gasteiger partial charge in [0.2, 0.25) is 0 Å². The van der Waals surface area contributed by atoms with Gasteiger partial charge in [0.05, 0.1) is 0 Å². The number of hydrogen-bond acceptors (Lipinski definition) is 3. The van der Waals surface area contributed by atoms with E-state index in [4.69, 9.17) is 15.1 Å². The summed E-state index contributed by atoms with van der Waals surface area (Å²) in [4.78, 5) is 12.8. The number of aromatic carboxylic acids is 1. The number of benzene rings is 1. The molecule has 0 unspecified atom stereocenters. The van der Waals surface area contributed by atoms with Crippen LogP contribution in [0.2, 0.25) is 0 Å². The molecule has 0 heterocycles. The van der Waals surface area contributed by atoms with E-state index in [1.54, 1.807) is 12.1 Å². The van der Waals surface area contributed by atoms with E-state index >= 15 is 0 Å². The van der Waals surface area contributed by atoms with Crippen LogP contribution in [-0.2, 0) is 0 Å². The predicted molar refractivity (Wildman–Crippen MR) is 51.0 cm³/mol. The average molecular weight is 256 g/mol. The van der Waals surface area contributed by atoms with Gasteiger partial charge in [0.1, 0.15) is 0 Å². The number of nitriles is 1. The summed E-state index contributed by atoms with van der Waals surface area (Å²) in [5, 5.41) is 17.4. The molecule has 72 valence electrons. The van der Waals surface area contributed by atoms with Crippen LogP contribution in [0.4, 0.5) is 0 Å². The molecular formula is C9H7NO3Se. The van der Waals surface area contributed by atoms with Gasteiger partial charge in [-0.15, -0.1) is 0 Å². The standard InChI is InChI=1S/C9H7NO3Se/c1-13-6-2-3-8(14-5-10)7(4-6)9(11)12/h2-4H,1H3,(H,11,12). The molecule has 1 rings (SSSR count). The van der Waals surface area contributed by atoms with Gasteiger partial charge in [0.15, 0.2) is 0 Å². The Kier molecular flexibility index (Phi) is 3.52. The Morgan fingerprint density at radius 2 is 2.36 bits per heavy atom. The minimum atomic E-state index is -1.03. The summed E-state index contributed by atoms with van der Waals surface area (Å²) in [7, 11) is 1.47. The van der Waals surface area contributed by atoms with Crippen LogP contribution in [0.25, 0.3) is 0 Å². The van der Waals surface area contributed by atoms with Crippen molar-refractivity contribution < 1.29 is 14.6 Å². The topological polar surface area (TPSA) is 70.3 Å². The second-order valence-corrected chi connectivity index (χ2v) is 4.09. The van der Waals surface area contributed by atoms with Crippen LogP contribution in [0.15, 0.2) is 18.2 Å². The molecule has 5 heteroatoms. The number of rotatable bonds is 3. The van der Waals surface area contributed by atoms with E-state index in [9.17, 15) is 4.79 Å². The normalized spacial score (nSPS) is 9.14. The van der Waals surface area contributed by atoms with Crippen LogP contribution in [-0.4, -0.2) is 33.1 Å². The van der Waals surface area contributed by atoms with E-state index in [0.717, 1.165) is 0 Å². The summed E-state index contributed by atoms with van der Waals surface area (Å²) in [6.07, 6.45) is 0. The Bertz CT molecular complexity index is 398. The number of nitrogens with zero attached hydrogens (tertiary/aromatic N) is 1. The summed E-state index contributed by atoms with van der Waals surface area (Å²) in [6.45, 7) is 0. The van der Waals surface area contributed by atoms with Crippen LogP contribution in [0, 0.1) is 10.2 Å². The van der Waals surface area contributed by atoms with Crippen molar-refractivity contribution in [1.29, 1.82) is 5.26 Å². The fraction of sp³-hybridized carbons (Fsp3) is 0.111. The molecule has 0 aliphatic carbocycles. The number of carbonyl (C=O) groups is 1. The Morgan fingerprint density at radius 3 is 2.86 bits per heavy atom. The van der Waals surface area contributed by atoms with Gasteiger partial charge in [-0.05, 0) is 0 Å². The van der Waals surface area contributed by atoms with Crippen molar-refractivity contribution in [3.63, 3.8) is 0 Å². The van der Waals surface area contributed by atoms with Crippen LogP contribution >= 0.6 is 0 Å². The number of carboxylic acid groups (broad SMARTS) is 1. The zero-order valence-corrected chi connectivity index (χ0v) is 9.06. The quantitative estimate of drug-likeness (QED) is 0.784. The molecule has 14 heavy (non-hydrogen) atoms. The van der Waals surface area contributed by atoms with Gasteiger partial charge in [-0.2, -0.15) is 0 Å². The summed E-state index contributed by atoms with van der Waals surface area (Å²) < 4.78 is 5.46. The van der Waals surface area contributed by atoms with E-state index in [1.807, 2.05) is 4.97 Å². The first-order valence-electron chi connectivity index (χ1n) is 3.66. The second kappa shape index (κ2) is 4.66. The molecule has 0 fully saturated rings. The Morgan fingerprint density at radius 1 is 1.64 bits per heavy atom. The third-order valence-electron chi connectivity index (χ3n) is 1.57. The van der Waals surface area contributed by atoms with Gasteiger partial charge in [0.25, 0.3) is 0 Å². The molecule has 1 aromatic carbocycles. The first kappa shape index (κ1) is 10.6. The Balaban J connectivity index is 3.18. The zero-order chi connectivity index (χ0) is 10.6. The molecule has 4 nitrogen and oxygen atoms in total. The molecule has 0 aromatic heterocycles. The summed E-state index contributed by atoms with van der Waals surface area (Å²) >= 11 is -0.458. The third kappa shape index (κ3) is 2.25. The van der Waals surface area contributed by atoms with Gasteiger partial charge < -0.3 is 0 Å². The van der Waals surface area contributed by atoms with Gasteiger partial charge >= 0.3 is 86.9 Å². The van der Waals surface area contributed by atoms with Gasteiger partial charge in [-0.3, -0.25) is 0 Å². The van der Waals surface area contributed by atoms with Crippen LogP contribution < -0.4 is 9.20 Å². The van der Waals surface area contributed by atoms with Crippen molar-refractivity contribution in [1.82, 2.24) is 0 Å². The van der Waals surface area contributed by atoms with Crippen molar-refractivity contribution in [3.8, 4) is 10.7 Å². The van der Waals surface area contributed by atoms with E-state index in [2.05, 4.69) is 0 Å². The van der Waals surface area contributed by atoms with E-state index < -0.39 is 20.9 Å². The van der Waals surface area contributed by atoms with Crippen LogP contribution in [0.5, 0.6) is 5.75 Å². The van der Waals surface area contributed by atoms with Crippen molar-refractivity contribution in [2.45, 2.75) is 0 Å². The predicted octanol–water partition coefficient (Wildman–Crippen LogP) is 0.204. The number of ether oxygens (including phenoxy) is 1. The minimum absolute atomic E-state index is 0.144. The third-order valence-corrected chi connectivity index (χ3v) is 2.97.